The molecule has 36 heavy (non-hydrogen) atoms. The first-order valence-electron chi connectivity index (χ1n) is 11.4. The van der Waals surface area contributed by atoms with Gasteiger partial charge in [-0.2, -0.15) is 5.26 Å². The summed E-state index contributed by atoms with van der Waals surface area (Å²) in [5.74, 6) is -0.920. The molecule has 0 radical (unpaired) electrons. The monoisotopic (exact) mass is 475 g/mol. The molecular formula is C29H21N3O4. The third-order valence-corrected chi connectivity index (χ3v) is 6.04. The minimum atomic E-state index is -0.564. The van der Waals surface area contributed by atoms with E-state index in [-0.39, 0.29) is 40.1 Å². The molecule has 0 atom stereocenters. The van der Waals surface area contributed by atoms with Crippen LogP contribution in [-0.2, 0) is 0 Å². The number of carbonyl (C=O) groups is 3. The van der Waals surface area contributed by atoms with E-state index in [9.17, 15) is 19.6 Å². The number of amides is 3. The van der Waals surface area contributed by atoms with Crippen molar-refractivity contribution in [1.82, 2.24) is 4.90 Å². The van der Waals surface area contributed by atoms with Gasteiger partial charge >= 0.3 is 0 Å². The van der Waals surface area contributed by atoms with Gasteiger partial charge in [0.05, 0.1) is 11.1 Å². The number of nitrogens with one attached hydrogen (secondary N) is 1. The molecule has 0 unspecified atom stereocenters. The van der Waals surface area contributed by atoms with Gasteiger partial charge in [0, 0.05) is 22.7 Å². The zero-order chi connectivity index (χ0) is 25.4. The number of nitriles is 1. The molecule has 176 valence electrons. The van der Waals surface area contributed by atoms with Crippen molar-refractivity contribution in [2.45, 2.75) is 19.9 Å². The number of hydrogen-bond acceptors (Lipinski definition) is 5. The number of hydrogen-bond donors (Lipinski definition) is 1. The summed E-state index contributed by atoms with van der Waals surface area (Å²) in [4.78, 5) is 39.7. The molecule has 1 aliphatic heterocycles. The van der Waals surface area contributed by atoms with Crippen LogP contribution < -0.4 is 5.32 Å². The van der Waals surface area contributed by atoms with Crippen molar-refractivity contribution in [1.29, 1.82) is 5.26 Å². The lowest BCUT2D eigenvalue weighted by Gasteiger charge is -2.17. The maximum absolute atomic E-state index is 13.2. The predicted molar refractivity (Wildman–Crippen MR) is 134 cm³/mol. The first kappa shape index (κ1) is 22.8. The van der Waals surface area contributed by atoms with E-state index in [0.717, 1.165) is 11.1 Å². The number of furan rings is 1. The van der Waals surface area contributed by atoms with Gasteiger partial charge in [0.1, 0.15) is 17.4 Å². The van der Waals surface area contributed by atoms with Gasteiger partial charge in [-0.05, 0) is 37.6 Å². The molecule has 5 rings (SSSR count). The van der Waals surface area contributed by atoms with E-state index < -0.39 is 11.8 Å². The molecule has 3 amide bonds. The molecule has 7 nitrogen and oxygen atoms in total. The predicted octanol–water partition coefficient (Wildman–Crippen LogP) is 5.74. The molecule has 0 saturated heterocycles. The minimum Gasteiger partial charge on any atom is -0.438 e. The van der Waals surface area contributed by atoms with E-state index in [1.807, 2.05) is 60.7 Å². The fourth-order valence-corrected chi connectivity index (χ4v) is 4.34. The van der Waals surface area contributed by atoms with E-state index in [0.29, 0.717) is 11.3 Å². The van der Waals surface area contributed by atoms with Gasteiger partial charge in [-0.15, -0.1) is 0 Å². The zero-order valence-electron chi connectivity index (χ0n) is 19.6. The van der Waals surface area contributed by atoms with Gasteiger partial charge in [0.15, 0.2) is 0 Å². The van der Waals surface area contributed by atoms with Crippen molar-refractivity contribution in [3.8, 4) is 28.5 Å². The van der Waals surface area contributed by atoms with Crippen molar-refractivity contribution in [2.75, 3.05) is 5.32 Å². The lowest BCUT2D eigenvalue weighted by atomic mass is 9.98. The molecule has 2 heterocycles. The average molecular weight is 476 g/mol. The van der Waals surface area contributed by atoms with Crippen molar-refractivity contribution < 1.29 is 18.8 Å². The Morgan fingerprint density at radius 2 is 1.50 bits per heavy atom. The highest BCUT2D eigenvalue weighted by Crippen LogP contribution is 2.41. The van der Waals surface area contributed by atoms with E-state index >= 15 is 0 Å². The van der Waals surface area contributed by atoms with Gasteiger partial charge in [-0.25, -0.2) is 0 Å². The van der Waals surface area contributed by atoms with Gasteiger partial charge in [-0.1, -0.05) is 60.7 Å². The number of carbonyl (C=O) groups excluding carboxylic acids is 3. The smallest absolute Gasteiger partial charge is 0.261 e. The lowest BCUT2D eigenvalue weighted by Crippen LogP contribution is -2.35. The number of nitrogens with zero attached hydrogens (tertiary/aromatic N) is 2. The van der Waals surface area contributed by atoms with Crippen LogP contribution in [0.3, 0.4) is 0 Å². The highest BCUT2D eigenvalue weighted by Gasteiger charge is 2.37. The van der Waals surface area contributed by atoms with Crippen molar-refractivity contribution in [3.63, 3.8) is 0 Å². The largest absolute Gasteiger partial charge is 0.438 e. The third-order valence-electron chi connectivity index (χ3n) is 6.04. The maximum atomic E-state index is 13.2. The summed E-state index contributed by atoms with van der Waals surface area (Å²) in [6.07, 6.45) is 0. The normalized spacial score (nSPS) is 12.6. The fraction of sp³-hybridized carbons (Fsp3) is 0.103. The van der Waals surface area contributed by atoms with E-state index in [1.165, 1.54) is 23.1 Å². The van der Waals surface area contributed by atoms with Gasteiger partial charge in [0.25, 0.3) is 17.7 Å². The quantitative estimate of drug-likeness (QED) is 0.371. The van der Waals surface area contributed by atoms with Crippen molar-refractivity contribution in [3.05, 3.63) is 101 Å². The van der Waals surface area contributed by atoms with Gasteiger partial charge in [-0.3, -0.25) is 24.6 Å². The Balaban J connectivity index is 1.55. The number of imide groups is 1. The molecule has 3 aromatic carbocycles. The lowest BCUT2D eigenvalue weighted by molar-refractivity contribution is 0.0609. The topological polar surface area (TPSA) is 103 Å². The Morgan fingerprint density at radius 1 is 0.889 bits per heavy atom. The second-order valence-electron chi connectivity index (χ2n) is 8.64. The Bertz CT molecular complexity index is 1550. The SMILES string of the molecule is CC(C)N1C(=O)c2ccc(C(=O)Nc3oc(-c4ccccc4)c(-c4ccccc4)c3C#N)cc2C1=O. The Morgan fingerprint density at radius 3 is 2.11 bits per heavy atom. The molecule has 0 bridgehead atoms. The van der Waals surface area contributed by atoms with Gasteiger partial charge in [0.2, 0.25) is 5.88 Å². The van der Waals surface area contributed by atoms with Crippen LogP contribution in [0.1, 0.15) is 50.5 Å². The van der Waals surface area contributed by atoms with Crippen LogP contribution in [-0.4, -0.2) is 28.7 Å². The molecule has 1 aliphatic rings. The average Bonchev–Trinajstić information content (AvgIpc) is 3.38. The molecule has 1 aromatic heterocycles. The fourth-order valence-electron chi connectivity index (χ4n) is 4.34. The van der Waals surface area contributed by atoms with Crippen LogP contribution in [0.2, 0.25) is 0 Å². The number of rotatable bonds is 5. The Hall–Kier alpha value is -4.96. The number of benzene rings is 3. The van der Waals surface area contributed by atoms with Crippen LogP contribution in [0.5, 0.6) is 0 Å². The number of fused-ring (bicyclic) bond motifs is 1. The summed E-state index contributed by atoms with van der Waals surface area (Å²) in [6, 6.07) is 24.9. The van der Waals surface area contributed by atoms with E-state index in [2.05, 4.69) is 11.4 Å². The molecular weight excluding hydrogens is 454 g/mol. The standard InChI is InChI=1S/C29H21N3O4/c1-17(2)32-28(34)21-14-13-20(15-22(21)29(32)35)26(33)31-27-23(16-30)24(18-9-5-3-6-10-18)25(36-27)19-11-7-4-8-12-19/h3-15,17H,1-2H3,(H,31,33). The van der Waals surface area contributed by atoms with Crippen molar-refractivity contribution in [2.24, 2.45) is 0 Å². The number of anilines is 1. The van der Waals surface area contributed by atoms with Crippen LogP contribution in [0.15, 0.2) is 83.3 Å². The molecule has 0 saturated carbocycles. The van der Waals surface area contributed by atoms with Crippen molar-refractivity contribution >= 4 is 23.6 Å². The summed E-state index contributed by atoms with van der Waals surface area (Å²) < 4.78 is 6.07. The molecule has 4 aromatic rings. The summed E-state index contributed by atoms with van der Waals surface area (Å²) in [6.45, 7) is 3.51. The van der Waals surface area contributed by atoms with Crippen LogP contribution >= 0.6 is 0 Å². The Kier molecular flexibility index (Phi) is 5.71. The molecule has 0 spiro atoms. The van der Waals surface area contributed by atoms with Gasteiger partial charge < -0.3 is 4.42 Å². The second kappa shape index (κ2) is 9.01. The van der Waals surface area contributed by atoms with Crippen LogP contribution in [0.25, 0.3) is 22.5 Å². The third kappa shape index (κ3) is 3.75. The van der Waals surface area contributed by atoms with Crippen LogP contribution in [0.4, 0.5) is 5.88 Å². The van der Waals surface area contributed by atoms with Crippen LogP contribution in [0, 0.1) is 11.3 Å². The zero-order valence-corrected chi connectivity index (χ0v) is 19.6. The molecule has 0 fully saturated rings. The second-order valence-corrected chi connectivity index (χ2v) is 8.64. The first-order valence-corrected chi connectivity index (χ1v) is 11.4. The molecule has 1 N–H and O–H groups in total. The summed E-state index contributed by atoms with van der Waals surface area (Å²) in [5, 5.41) is 12.7. The molecule has 0 aliphatic carbocycles. The van der Waals surface area contributed by atoms with E-state index in [4.69, 9.17) is 4.42 Å². The highest BCUT2D eigenvalue weighted by molar-refractivity contribution is 6.22. The first-order chi connectivity index (χ1) is 17.4. The van der Waals surface area contributed by atoms with E-state index in [1.54, 1.807) is 13.8 Å². The summed E-state index contributed by atoms with van der Waals surface area (Å²) in [5.41, 5.74) is 2.89. The minimum absolute atomic E-state index is 0.00640. The Labute approximate surface area is 207 Å². The highest BCUT2D eigenvalue weighted by atomic mass is 16.4. The summed E-state index contributed by atoms with van der Waals surface area (Å²) in [7, 11) is 0. The summed E-state index contributed by atoms with van der Waals surface area (Å²) >= 11 is 0. The molecule has 7 heteroatoms. The maximum Gasteiger partial charge on any atom is 0.261 e.